The Labute approximate surface area is 184 Å². The average molecular weight is 436 g/mol. The summed E-state index contributed by atoms with van der Waals surface area (Å²) in [5.74, 6) is -2.28. The van der Waals surface area contributed by atoms with Crippen LogP contribution < -0.4 is 9.72 Å². The largest absolute Gasteiger partial charge is 0.497 e. The van der Waals surface area contributed by atoms with Gasteiger partial charge in [0.25, 0.3) is 5.91 Å². The van der Waals surface area contributed by atoms with Gasteiger partial charge < -0.3 is 9.64 Å². The molecule has 1 aliphatic heterocycles. The van der Waals surface area contributed by atoms with Crippen molar-refractivity contribution in [3.63, 3.8) is 0 Å². The maximum Gasteiger partial charge on any atom is 0.291 e. The smallest absolute Gasteiger partial charge is 0.291 e. The molecule has 0 saturated carbocycles. The van der Waals surface area contributed by atoms with E-state index in [4.69, 9.17) is 16.3 Å². The van der Waals surface area contributed by atoms with Crippen molar-refractivity contribution in [3.8, 4) is 5.75 Å². The molecular formula is C24H20ClN2O4+. The van der Waals surface area contributed by atoms with E-state index in [9.17, 15) is 14.4 Å². The highest BCUT2D eigenvalue weighted by molar-refractivity contribution is 6.44. The number of nitrogens with zero attached hydrogens (tertiary/aromatic N) is 1. The minimum Gasteiger partial charge on any atom is -0.497 e. The topological polar surface area (TPSA) is 77.8 Å². The molecule has 1 fully saturated rings. The molecule has 6 nitrogen and oxygen atoms in total. The number of carbonyl (C=O) groups excluding carboxylic acids is 3. The molecule has 7 heteroatoms. The molecule has 2 aromatic carbocycles. The number of amides is 1. The molecule has 1 amide bonds. The molecule has 1 aliphatic rings. The molecule has 31 heavy (non-hydrogen) atoms. The summed E-state index contributed by atoms with van der Waals surface area (Å²) in [7, 11) is 1.56. The first-order chi connectivity index (χ1) is 15.0. The van der Waals surface area contributed by atoms with Gasteiger partial charge in [-0.05, 0) is 48.0 Å². The lowest BCUT2D eigenvalue weighted by atomic mass is 9.86. The van der Waals surface area contributed by atoms with Gasteiger partial charge in [-0.1, -0.05) is 23.7 Å². The van der Waals surface area contributed by atoms with Crippen LogP contribution in [0.5, 0.6) is 5.75 Å². The van der Waals surface area contributed by atoms with E-state index in [2.05, 4.69) is 4.98 Å². The van der Waals surface area contributed by atoms with Crippen molar-refractivity contribution in [2.24, 2.45) is 5.92 Å². The molecule has 3 aromatic rings. The van der Waals surface area contributed by atoms with Gasteiger partial charge in [0, 0.05) is 22.2 Å². The van der Waals surface area contributed by atoms with Crippen LogP contribution >= 0.6 is 11.6 Å². The summed E-state index contributed by atoms with van der Waals surface area (Å²) in [6.07, 6.45) is 3.52. The summed E-state index contributed by atoms with van der Waals surface area (Å²) in [5.41, 5.74) is 1.85. The van der Waals surface area contributed by atoms with Gasteiger partial charge in [0.2, 0.25) is 5.78 Å². The van der Waals surface area contributed by atoms with Crippen LogP contribution in [0.15, 0.2) is 73.1 Å². The van der Waals surface area contributed by atoms with E-state index in [1.165, 1.54) is 4.90 Å². The molecule has 0 radical (unpaired) electrons. The van der Waals surface area contributed by atoms with Gasteiger partial charge in [-0.3, -0.25) is 14.4 Å². The number of H-pyrrole nitrogens is 1. The number of halogens is 1. The number of nitrogens with one attached hydrogen (secondary N) is 1. The van der Waals surface area contributed by atoms with Crippen molar-refractivity contribution in [2.75, 3.05) is 7.11 Å². The lowest BCUT2D eigenvalue weighted by Crippen LogP contribution is -2.30. The normalized spacial score (nSPS) is 18.3. The number of ketones is 2. The third kappa shape index (κ3) is 4.07. The molecule has 2 heterocycles. The number of benzene rings is 2. The second kappa shape index (κ2) is 8.70. The first kappa shape index (κ1) is 20.8. The van der Waals surface area contributed by atoms with Gasteiger partial charge in [0.15, 0.2) is 18.2 Å². The number of pyridine rings is 1. The van der Waals surface area contributed by atoms with E-state index in [1.54, 1.807) is 68.0 Å². The van der Waals surface area contributed by atoms with Crippen molar-refractivity contribution in [1.82, 2.24) is 4.90 Å². The van der Waals surface area contributed by atoms with Gasteiger partial charge in [-0.2, -0.15) is 0 Å². The monoisotopic (exact) mass is 435 g/mol. The van der Waals surface area contributed by atoms with E-state index in [0.29, 0.717) is 21.9 Å². The SMILES string of the molecule is COc1ccc(C2C(C(=O)c3ccc(Cl)cc3)C(=O)C(=O)N2Cc2ccc[nH+]c2)cc1. The second-order valence-corrected chi connectivity index (χ2v) is 7.71. The van der Waals surface area contributed by atoms with Crippen LogP contribution in [0.4, 0.5) is 0 Å². The van der Waals surface area contributed by atoms with Crippen LogP contribution in [0.1, 0.15) is 27.5 Å². The van der Waals surface area contributed by atoms with Crippen LogP contribution in [0.2, 0.25) is 5.02 Å². The molecule has 1 saturated heterocycles. The summed E-state index contributed by atoms with van der Waals surface area (Å²) in [5, 5.41) is 0.485. The van der Waals surface area contributed by atoms with Crippen molar-refractivity contribution in [1.29, 1.82) is 0 Å². The lowest BCUT2D eigenvalue weighted by molar-refractivity contribution is -0.378. The zero-order valence-electron chi connectivity index (χ0n) is 16.7. The van der Waals surface area contributed by atoms with Gasteiger partial charge in [-0.15, -0.1) is 0 Å². The number of aromatic amines is 1. The maximum absolute atomic E-state index is 13.3. The second-order valence-electron chi connectivity index (χ2n) is 7.28. The van der Waals surface area contributed by atoms with Gasteiger partial charge in [-0.25, -0.2) is 4.98 Å². The Balaban J connectivity index is 1.77. The molecule has 1 aromatic heterocycles. The lowest BCUT2D eigenvalue weighted by Gasteiger charge is -2.27. The van der Waals surface area contributed by atoms with E-state index in [-0.39, 0.29) is 6.54 Å². The van der Waals surface area contributed by atoms with Crippen LogP contribution in [0.3, 0.4) is 0 Å². The minimum absolute atomic E-state index is 0.197. The summed E-state index contributed by atoms with van der Waals surface area (Å²) in [4.78, 5) is 43.8. The molecule has 2 atom stereocenters. The fourth-order valence-electron chi connectivity index (χ4n) is 3.85. The standard InChI is InChI=1S/C24H19ClN2O4/c1-31-19-10-6-16(7-11-19)21-20(22(28)17-4-8-18(25)9-5-17)23(29)24(30)27(21)14-15-3-2-12-26-13-15/h2-13,20-21H,14H2,1H3/p+1. The number of likely N-dealkylation sites (tertiary alicyclic amines) is 1. The Hall–Kier alpha value is -3.51. The van der Waals surface area contributed by atoms with Gasteiger partial charge in [0.1, 0.15) is 11.7 Å². The number of aromatic nitrogens is 1. The minimum atomic E-state index is -1.14. The molecule has 0 bridgehead atoms. The fourth-order valence-corrected chi connectivity index (χ4v) is 3.98. The third-order valence-corrected chi connectivity index (χ3v) is 5.65. The summed E-state index contributed by atoms with van der Waals surface area (Å²) >= 11 is 5.94. The Bertz CT molecular complexity index is 1110. The predicted molar refractivity (Wildman–Crippen MR) is 114 cm³/mol. The first-order valence-electron chi connectivity index (χ1n) is 9.73. The first-order valence-corrected chi connectivity index (χ1v) is 10.1. The molecule has 1 N–H and O–H groups in total. The highest BCUT2D eigenvalue weighted by atomic mass is 35.5. The summed E-state index contributed by atoms with van der Waals surface area (Å²) in [6.45, 7) is 0.197. The van der Waals surface area contributed by atoms with E-state index >= 15 is 0 Å². The number of Topliss-reactive ketones (excluding diaryl/α,β-unsaturated/α-hetero) is 2. The summed E-state index contributed by atoms with van der Waals surface area (Å²) in [6, 6.07) is 16.3. The van der Waals surface area contributed by atoms with Gasteiger partial charge in [0.05, 0.1) is 19.7 Å². The average Bonchev–Trinajstić information content (AvgIpc) is 3.05. The Kier molecular flexibility index (Phi) is 5.82. The molecule has 156 valence electrons. The highest BCUT2D eigenvalue weighted by Gasteiger charge is 2.51. The van der Waals surface area contributed by atoms with Crippen LogP contribution in [0, 0.1) is 5.92 Å². The third-order valence-electron chi connectivity index (χ3n) is 5.40. The van der Waals surface area contributed by atoms with Crippen molar-refractivity contribution < 1.29 is 24.1 Å². The number of hydrogen-bond acceptors (Lipinski definition) is 4. The summed E-state index contributed by atoms with van der Waals surface area (Å²) < 4.78 is 5.22. The number of hydrogen-bond donors (Lipinski definition) is 0. The van der Waals surface area contributed by atoms with E-state index < -0.39 is 29.4 Å². The van der Waals surface area contributed by atoms with Crippen molar-refractivity contribution >= 4 is 29.1 Å². The van der Waals surface area contributed by atoms with Crippen LogP contribution in [-0.4, -0.2) is 29.5 Å². The van der Waals surface area contributed by atoms with Crippen LogP contribution in [0.25, 0.3) is 0 Å². The molecule has 0 spiro atoms. The predicted octanol–water partition coefficient (Wildman–Crippen LogP) is 3.31. The van der Waals surface area contributed by atoms with Gasteiger partial charge >= 0.3 is 0 Å². The number of methoxy groups -OCH3 is 1. The fraction of sp³-hybridized carbons (Fsp3) is 0.167. The number of rotatable bonds is 6. The Morgan fingerprint density at radius 2 is 1.77 bits per heavy atom. The molecular weight excluding hydrogens is 416 g/mol. The van der Waals surface area contributed by atoms with Crippen LogP contribution in [-0.2, 0) is 16.1 Å². The maximum atomic E-state index is 13.3. The number of ether oxygens (including phenoxy) is 1. The van der Waals surface area contributed by atoms with Crippen molar-refractivity contribution in [2.45, 2.75) is 12.6 Å². The van der Waals surface area contributed by atoms with E-state index in [1.807, 2.05) is 12.1 Å². The highest BCUT2D eigenvalue weighted by Crippen LogP contribution is 2.39. The van der Waals surface area contributed by atoms with Crippen molar-refractivity contribution in [3.05, 3.63) is 94.8 Å². The number of carbonyl (C=O) groups is 3. The zero-order chi connectivity index (χ0) is 22.0. The zero-order valence-corrected chi connectivity index (χ0v) is 17.5. The molecule has 0 aliphatic carbocycles. The molecule has 2 unspecified atom stereocenters. The van der Waals surface area contributed by atoms with E-state index in [0.717, 1.165) is 5.56 Å². The Morgan fingerprint density at radius 1 is 1.06 bits per heavy atom. The Morgan fingerprint density at radius 3 is 2.39 bits per heavy atom. The quantitative estimate of drug-likeness (QED) is 0.338. The molecule has 4 rings (SSSR count).